The molecule has 0 aromatic heterocycles. The summed E-state index contributed by atoms with van der Waals surface area (Å²) >= 11 is 0. The Morgan fingerprint density at radius 1 is 1.15 bits per heavy atom. The predicted octanol–water partition coefficient (Wildman–Crippen LogP) is 4.40. The summed E-state index contributed by atoms with van der Waals surface area (Å²) in [5, 5.41) is 8.79. The Balaban J connectivity index is 1.83. The number of ketones is 1. The molecule has 0 bridgehead atoms. The number of carbonyl (C=O) groups excluding carboxylic acids is 1. The molecule has 0 amide bonds. The van der Waals surface area contributed by atoms with Gasteiger partial charge in [0, 0.05) is 17.5 Å². The largest absolute Gasteiger partial charge is 0.494 e. The van der Waals surface area contributed by atoms with Crippen LogP contribution in [0.15, 0.2) is 36.4 Å². The number of carboxylic acids is 1. The molecule has 0 saturated carbocycles. The van der Waals surface area contributed by atoms with Crippen molar-refractivity contribution >= 4 is 11.8 Å². The second kappa shape index (κ2) is 8.71. The third-order valence-corrected chi connectivity index (χ3v) is 4.62. The van der Waals surface area contributed by atoms with Gasteiger partial charge in [-0.15, -0.1) is 0 Å². The number of carbonyl (C=O) groups is 2. The van der Waals surface area contributed by atoms with E-state index in [4.69, 9.17) is 14.6 Å². The average Bonchev–Trinajstić information content (AvgIpc) is 2.79. The molecule has 0 spiro atoms. The van der Waals surface area contributed by atoms with Crippen molar-refractivity contribution in [2.24, 2.45) is 0 Å². The maximum atomic E-state index is 13.1. The van der Waals surface area contributed by atoms with Crippen molar-refractivity contribution in [3.8, 4) is 11.5 Å². The number of aryl methyl sites for hydroxylation is 1. The summed E-state index contributed by atoms with van der Waals surface area (Å²) in [5.41, 5.74) is 2.90. The van der Waals surface area contributed by atoms with E-state index in [2.05, 4.69) is 6.92 Å². The first kappa shape index (κ1) is 19.0. The van der Waals surface area contributed by atoms with Crippen LogP contribution in [0.4, 0.5) is 0 Å². The van der Waals surface area contributed by atoms with Crippen molar-refractivity contribution in [1.29, 1.82) is 0 Å². The van der Waals surface area contributed by atoms with Gasteiger partial charge < -0.3 is 14.6 Å². The molecule has 1 aliphatic heterocycles. The molecule has 5 heteroatoms. The maximum absolute atomic E-state index is 13.1. The molecule has 0 atom stereocenters. The number of hydrogen-bond acceptors (Lipinski definition) is 4. The molecule has 0 aliphatic carbocycles. The molecule has 5 nitrogen and oxygen atoms in total. The highest BCUT2D eigenvalue weighted by atomic mass is 16.5. The Labute approximate surface area is 158 Å². The number of carboxylic acid groups (broad SMARTS) is 1. The zero-order valence-corrected chi connectivity index (χ0v) is 15.5. The monoisotopic (exact) mass is 368 g/mol. The first-order chi connectivity index (χ1) is 13.1. The molecule has 2 aromatic carbocycles. The van der Waals surface area contributed by atoms with Gasteiger partial charge >= 0.3 is 5.97 Å². The molecule has 0 unspecified atom stereocenters. The van der Waals surface area contributed by atoms with E-state index in [0.29, 0.717) is 48.7 Å². The highest BCUT2D eigenvalue weighted by Crippen LogP contribution is 2.31. The summed E-state index contributed by atoms with van der Waals surface area (Å²) in [6.07, 6.45) is 3.28. The van der Waals surface area contributed by atoms with Crippen LogP contribution < -0.4 is 9.47 Å². The van der Waals surface area contributed by atoms with Crippen molar-refractivity contribution in [2.75, 3.05) is 6.61 Å². The Morgan fingerprint density at radius 3 is 2.78 bits per heavy atom. The van der Waals surface area contributed by atoms with Gasteiger partial charge in [0.25, 0.3) is 0 Å². The molecule has 2 aromatic rings. The molecular weight excluding hydrogens is 344 g/mol. The van der Waals surface area contributed by atoms with E-state index in [1.807, 2.05) is 24.3 Å². The quantitative estimate of drug-likeness (QED) is 0.699. The molecule has 0 radical (unpaired) electrons. The Kier molecular flexibility index (Phi) is 6.12. The van der Waals surface area contributed by atoms with Crippen molar-refractivity contribution in [3.05, 3.63) is 58.7 Å². The van der Waals surface area contributed by atoms with Gasteiger partial charge in [-0.3, -0.25) is 9.59 Å². The maximum Gasteiger partial charge on any atom is 0.303 e. The lowest BCUT2D eigenvalue weighted by atomic mass is 9.96. The standard InChI is InChI=1S/C22H24O5/c1-2-3-11-26-17-9-8-16-14-27-20-10-7-15(5-4-6-21(23)24)12-19(20)22(25)18(16)13-17/h7-10,12-13H,2-6,11,14H2,1H3,(H,23,24). The molecule has 0 saturated heterocycles. The average molecular weight is 368 g/mol. The Hall–Kier alpha value is -2.82. The van der Waals surface area contributed by atoms with Crippen LogP contribution in [0.5, 0.6) is 11.5 Å². The third kappa shape index (κ3) is 4.67. The fourth-order valence-corrected chi connectivity index (χ4v) is 3.10. The van der Waals surface area contributed by atoms with Gasteiger partial charge in [0.05, 0.1) is 12.2 Å². The summed E-state index contributed by atoms with van der Waals surface area (Å²) in [5.74, 6) is 0.357. The summed E-state index contributed by atoms with van der Waals surface area (Å²) in [6, 6.07) is 11.1. The van der Waals surface area contributed by atoms with Crippen LogP contribution in [-0.4, -0.2) is 23.5 Å². The Bertz CT molecular complexity index is 841. The Morgan fingerprint density at radius 2 is 2.00 bits per heavy atom. The first-order valence-electron chi connectivity index (χ1n) is 9.36. The number of ether oxygens (including phenoxy) is 2. The number of rotatable bonds is 8. The van der Waals surface area contributed by atoms with Crippen LogP contribution in [0.1, 0.15) is 59.7 Å². The van der Waals surface area contributed by atoms with Crippen molar-refractivity contribution in [2.45, 2.75) is 45.6 Å². The molecule has 142 valence electrons. The zero-order chi connectivity index (χ0) is 19.2. The zero-order valence-electron chi connectivity index (χ0n) is 15.5. The number of hydrogen-bond donors (Lipinski definition) is 1. The third-order valence-electron chi connectivity index (χ3n) is 4.62. The lowest BCUT2D eigenvalue weighted by Gasteiger charge is -2.09. The van der Waals surface area contributed by atoms with Crippen LogP contribution in [0.2, 0.25) is 0 Å². The topological polar surface area (TPSA) is 72.8 Å². The number of aliphatic carboxylic acids is 1. The lowest BCUT2D eigenvalue weighted by Crippen LogP contribution is -2.05. The molecule has 27 heavy (non-hydrogen) atoms. The van der Waals surface area contributed by atoms with E-state index < -0.39 is 5.97 Å². The van der Waals surface area contributed by atoms with Crippen LogP contribution in [0.3, 0.4) is 0 Å². The van der Waals surface area contributed by atoms with E-state index in [-0.39, 0.29) is 12.2 Å². The van der Waals surface area contributed by atoms with E-state index in [0.717, 1.165) is 24.0 Å². The first-order valence-corrected chi connectivity index (χ1v) is 9.36. The fourth-order valence-electron chi connectivity index (χ4n) is 3.10. The minimum atomic E-state index is -0.811. The van der Waals surface area contributed by atoms with E-state index in [9.17, 15) is 9.59 Å². The highest BCUT2D eigenvalue weighted by Gasteiger charge is 2.23. The smallest absolute Gasteiger partial charge is 0.303 e. The van der Waals surface area contributed by atoms with Crippen molar-refractivity contribution < 1.29 is 24.2 Å². The van der Waals surface area contributed by atoms with Gasteiger partial charge in [-0.25, -0.2) is 0 Å². The number of benzene rings is 2. The van der Waals surface area contributed by atoms with Gasteiger partial charge in [0.15, 0.2) is 5.78 Å². The molecule has 0 fully saturated rings. The van der Waals surface area contributed by atoms with Crippen LogP contribution in [0.25, 0.3) is 0 Å². The predicted molar refractivity (Wildman–Crippen MR) is 102 cm³/mol. The van der Waals surface area contributed by atoms with Crippen LogP contribution >= 0.6 is 0 Å². The summed E-state index contributed by atoms with van der Waals surface area (Å²) in [4.78, 5) is 23.8. The van der Waals surface area contributed by atoms with Crippen molar-refractivity contribution in [1.82, 2.24) is 0 Å². The van der Waals surface area contributed by atoms with Gasteiger partial charge in [-0.05, 0) is 49.1 Å². The highest BCUT2D eigenvalue weighted by molar-refractivity contribution is 6.12. The second-order valence-electron chi connectivity index (χ2n) is 6.72. The van der Waals surface area contributed by atoms with Crippen LogP contribution in [0, 0.1) is 0 Å². The molecular formula is C22H24O5. The molecule has 1 heterocycles. The minimum absolute atomic E-state index is 0.0847. The molecule has 1 aliphatic rings. The molecule has 1 N–H and O–H groups in total. The minimum Gasteiger partial charge on any atom is -0.494 e. The second-order valence-corrected chi connectivity index (χ2v) is 6.72. The molecule has 3 rings (SSSR count). The van der Waals surface area contributed by atoms with E-state index >= 15 is 0 Å². The van der Waals surface area contributed by atoms with E-state index in [1.165, 1.54) is 0 Å². The lowest BCUT2D eigenvalue weighted by molar-refractivity contribution is -0.137. The SMILES string of the molecule is CCCCOc1ccc2c(c1)C(=O)c1cc(CCCC(=O)O)ccc1OC2. The number of unbranched alkanes of at least 4 members (excludes halogenated alkanes) is 1. The summed E-state index contributed by atoms with van der Waals surface area (Å²) in [7, 11) is 0. The fraction of sp³-hybridized carbons (Fsp3) is 0.364. The van der Waals surface area contributed by atoms with Gasteiger partial charge in [0.2, 0.25) is 0 Å². The van der Waals surface area contributed by atoms with Crippen LogP contribution in [-0.2, 0) is 17.8 Å². The van der Waals surface area contributed by atoms with Gasteiger partial charge in [-0.1, -0.05) is 25.5 Å². The number of fused-ring (bicyclic) bond motifs is 2. The van der Waals surface area contributed by atoms with Gasteiger partial charge in [0.1, 0.15) is 18.1 Å². The van der Waals surface area contributed by atoms with Crippen molar-refractivity contribution in [3.63, 3.8) is 0 Å². The van der Waals surface area contributed by atoms with Gasteiger partial charge in [-0.2, -0.15) is 0 Å². The summed E-state index contributed by atoms with van der Waals surface area (Å²) in [6.45, 7) is 3.07. The van der Waals surface area contributed by atoms with E-state index in [1.54, 1.807) is 12.1 Å². The normalized spacial score (nSPS) is 12.6. The summed E-state index contributed by atoms with van der Waals surface area (Å²) < 4.78 is 11.6.